The van der Waals surface area contributed by atoms with Gasteiger partial charge in [0.15, 0.2) is 0 Å². The van der Waals surface area contributed by atoms with E-state index in [0.29, 0.717) is 6.54 Å². The summed E-state index contributed by atoms with van der Waals surface area (Å²) in [4.78, 5) is 11.0. The molecule has 5 heteroatoms. The molecule has 0 spiro atoms. The summed E-state index contributed by atoms with van der Waals surface area (Å²) in [5.41, 5.74) is 0. The molecule has 1 N–H and O–H groups in total. The molecule has 1 amide bonds. The molecular weight excluding hydrogens is 294 g/mol. The van der Waals surface area contributed by atoms with Crippen LogP contribution in [-0.2, 0) is 19.0 Å². The molecule has 0 aromatic heterocycles. The summed E-state index contributed by atoms with van der Waals surface area (Å²) in [5, 5.41) is 2.84. The van der Waals surface area contributed by atoms with Crippen molar-refractivity contribution in [2.45, 2.75) is 77.6 Å². The molecule has 23 heavy (non-hydrogen) atoms. The van der Waals surface area contributed by atoms with Crippen molar-refractivity contribution in [3.8, 4) is 0 Å². The van der Waals surface area contributed by atoms with Crippen molar-refractivity contribution in [2.24, 2.45) is 5.92 Å². The van der Waals surface area contributed by atoms with E-state index in [2.05, 4.69) is 12.2 Å². The number of carbonyl (C=O) groups is 1. The first kappa shape index (κ1) is 22.4. The topological polar surface area (TPSA) is 56.8 Å². The van der Waals surface area contributed by atoms with Crippen molar-refractivity contribution in [3.63, 3.8) is 0 Å². The van der Waals surface area contributed by atoms with Gasteiger partial charge in [-0.1, -0.05) is 45.4 Å². The fourth-order valence-corrected chi connectivity index (χ4v) is 3.03. The van der Waals surface area contributed by atoms with Crippen molar-refractivity contribution in [2.75, 3.05) is 27.9 Å². The first-order valence-corrected chi connectivity index (χ1v) is 8.96. The molecule has 0 fully saturated rings. The molecule has 1 unspecified atom stereocenters. The molecule has 0 aromatic carbocycles. The van der Waals surface area contributed by atoms with E-state index in [1.54, 1.807) is 21.3 Å². The third-order valence-corrected chi connectivity index (χ3v) is 4.36. The van der Waals surface area contributed by atoms with Gasteiger partial charge in [-0.15, -0.1) is 0 Å². The number of rotatable bonds is 15. The molecule has 0 radical (unpaired) electrons. The minimum atomic E-state index is -0.986. The molecule has 5 nitrogen and oxygen atoms in total. The Morgan fingerprint density at radius 1 is 0.913 bits per heavy atom. The second-order valence-corrected chi connectivity index (χ2v) is 6.09. The van der Waals surface area contributed by atoms with Gasteiger partial charge in [0.05, 0.1) is 0 Å². The largest absolute Gasteiger partial charge is 0.356 e. The highest BCUT2D eigenvalue weighted by atomic mass is 16.9. The van der Waals surface area contributed by atoms with Gasteiger partial charge in [0.25, 0.3) is 5.97 Å². The maximum Gasteiger partial charge on any atom is 0.285 e. The summed E-state index contributed by atoms with van der Waals surface area (Å²) in [6.07, 6.45) is 10.3. The van der Waals surface area contributed by atoms with Gasteiger partial charge in [-0.3, -0.25) is 4.79 Å². The number of amides is 1. The molecule has 0 saturated heterocycles. The lowest BCUT2D eigenvalue weighted by Gasteiger charge is -2.36. The number of unbranched alkanes of at least 4 members (excludes halogenated alkanes) is 5. The summed E-state index contributed by atoms with van der Waals surface area (Å²) in [6, 6.07) is 0. The maximum absolute atomic E-state index is 11.0. The Morgan fingerprint density at radius 3 is 1.96 bits per heavy atom. The zero-order chi connectivity index (χ0) is 17.6. The molecule has 0 saturated carbocycles. The van der Waals surface area contributed by atoms with Gasteiger partial charge in [-0.25, -0.2) is 0 Å². The highest BCUT2D eigenvalue weighted by molar-refractivity contribution is 5.72. The fraction of sp³-hybridized carbons (Fsp3) is 0.944. The lowest BCUT2D eigenvalue weighted by molar-refractivity contribution is -0.380. The third kappa shape index (κ3) is 9.28. The van der Waals surface area contributed by atoms with Gasteiger partial charge in [-0.05, 0) is 19.3 Å². The van der Waals surface area contributed by atoms with E-state index >= 15 is 0 Å². The van der Waals surface area contributed by atoms with E-state index in [1.807, 2.05) is 0 Å². The predicted molar refractivity (Wildman–Crippen MR) is 93.2 cm³/mol. The molecule has 138 valence electrons. The summed E-state index contributed by atoms with van der Waals surface area (Å²) in [5.74, 6) is -0.823. The van der Waals surface area contributed by atoms with Gasteiger partial charge in [0.1, 0.15) is 0 Å². The molecular formula is C18H37NO4. The molecule has 0 aliphatic carbocycles. The van der Waals surface area contributed by atoms with Crippen molar-refractivity contribution in [3.05, 3.63) is 0 Å². The van der Waals surface area contributed by atoms with Gasteiger partial charge in [0.2, 0.25) is 5.91 Å². The average molecular weight is 331 g/mol. The Bertz CT molecular complexity index is 284. The van der Waals surface area contributed by atoms with Crippen LogP contribution in [0.25, 0.3) is 0 Å². The molecule has 0 aromatic rings. The molecule has 0 heterocycles. The maximum atomic E-state index is 11.0. The van der Waals surface area contributed by atoms with E-state index < -0.39 is 5.97 Å². The zero-order valence-electron chi connectivity index (χ0n) is 15.8. The van der Waals surface area contributed by atoms with Crippen LogP contribution >= 0.6 is 0 Å². The van der Waals surface area contributed by atoms with Crippen LogP contribution in [0.15, 0.2) is 0 Å². The van der Waals surface area contributed by atoms with Crippen molar-refractivity contribution < 1.29 is 19.0 Å². The Hall–Kier alpha value is -0.650. The SMILES string of the molecule is CCCCCCCCC(CCCNC(C)=O)C(OC)(OC)OC. The molecule has 0 rings (SSSR count). The van der Waals surface area contributed by atoms with Crippen LogP contribution in [0.1, 0.15) is 71.6 Å². The number of ether oxygens (including phenoxy) is 3. The van der Waals surface area contributed by atoms with Crippen molar-refractivity contribution in [1.82, 2.24) is 5.32 Å². The molecule has 0 bridgehead atoms. The van der Waals surface area contributed by atoms with E-state index in [4.69, 9.17) is 14.2 Å². The molecule has 0 aliphatic rings. The summed E-state index contributed by atoms with van der Waals surface area (Å²) in [7, 11) is 4.86. The van der Waals surface area contributed by atoms with Crippen LogP contribution in [0.4, 0.5) is 0 Å². The fourth-order valence-electron chi connectivity index (χ4n) is 3.03. The average Bonchev–Trinajstić information content (AvgIpc) is 2.55. The third-order valence-electron chi connectivity index (χ3n) is 4.36. The summed E-state index contributed by atoms with van der Waals surface area (Å²) < 4.78 is 16.6. The van der Waals surface area contributed by atoms with Crippen LogP contribution < -0.4 is 5.32 Å². The number of methoxy groups -OCH3 is 3. The monoisotopic (exact) mass is 331 g/mol. The Morgan fingerprint density at radius 2 is 1.43 bits per heavy atom. The number of hydrogen-bond donors (Lipinski definition) is 1. The van der Waals surface area contributed by atoms with Crippen LogP contribution in [0, 0.1) is 5.92 Å². The Kier molecular flexibility index (Phi) is 13.4. The van der Waals surface area contributed by atoms with E-state index in [9.17, 15) is 4.79 Å². The molecule has 0 aliphatic heterocycles. The van der Waals surface area contributed by atoms with E-state index in [0.717, 1.165) is 25.7 Å². The number of carbonyl (C=O) groups excluding carboxylic acids is 1. The van der Waals surface area contributed by atoms with Crippen LogP contribution in [0.3, 0.4) is 0 Å². The van der Waals surface area contributed by atoms with Crippen LogP contribution in [0.5, 0.6) is 0 Å². The lowest BCUT2D eigenvalue weighted by Crippen LogP contribution is -2.44. The van der Waals surface area contributed by atoms with Crippen molar-refractivity contribution >= 4 is 5.91 Å². The van der Waals surface area contributed by atoms with Crippen molar-refractivity contribution in [1.29, 1.82) is 0 Å². The first-order chi connectivity index (χ1) is 11.1. The standard InChI is InChI=1S/C18H37NO4/c1-6-7-8-9-10-11-13-17(14-12-15-19-16(2)20)18(21-3,22-4)23-5/h17H,6-15H2,1-5H3,(H,19,20). The van der Waals surface area contributed by atoms with Crippen LogP contribution in [-0.4, -0.2) is 39.8 Å². The Labute approximate surface area is 142 Å². The van der Waals surface area contributed by atoms with Gasteiger partial charge >= 0.3 is 0 Å². The first-order valence-electron chi connectivity index (χ1n) is 8.96. The normalized spacial score (nSPS) is 13.1. The zero-order valence-corrected chi connectivity index (χ0v) is 15.8. The molecule has 1 atom stereocenters. The van der Waals surface area contributed by atoms with E-state index in [-0.39, 0.29) is 11.8 Å². The van der Waals surface area contributed by atoms with E-state index in [1.165, 1.54) is 39.0 Å². The lowest BCUT2D eigenvalue weighted by atomic mass is 9.93. The smallest absolute Gasteiger partial charge is 0.285 e. The Balaban J connectivity index is 4.39. The highest BCUT2D eigenvalue weighted by Gasteiger charge is 2.39. The quantitative estimate of drug-likeness (QED) is 0.366. The van der Waals surface area contributed by atoms with Crippen LogP contribution in [0.2, 0.25) is 0 Å². The minimum absolute atomic E-state index is 0.00830. The number of hydrogen-bond acceptors (Lipinski definition) is 4. The minimum Gasteiger partial charge on any atom is -0.356 e. The second kappa shape index (κ2) is 13.8. The highest BCUT2D eigenvalue weighted by Crippen LogP contribution is 2.32. The summed E-state index contributed by atoms with van der Waals surface area (Å²) >= 11 is 0. The van der Waals surface area contributed by atoms with Gasteiger partial charge < -0.3 is 19.5 Å². The number of nitrogens with one attached hydrogen (secondary N) is 1. The van der Waals surface area contributed by atoms with Gasteiger partial charge in [0, 0.05) is 40.7 Å². The van der Waals surface area contributed by atoms with Gasteiger partial charge in [-0.2, -0.15) is 0 Å². The second-order valence-electron chi connectivity index (χ2n) is 6.09. The predicted octanol–water partition coefficient (Wildman–Crippen LogP) is 3.86. The summed E-state index contributed by atoms with van der Waals surface area (Å²) in [6.45, 7) is 4.45.